The average molecular weight is 454 g/mol. The first-order valence-corrected chi connectivity index (χ1v) is 11.3. The van der Waals surface area contributed by atoms with Crippen LogP contribution < -0.4 is 20.1 Å². The molecule has 3 rings (SSSR count). The molecule has 1 aliphatic heterocycles. The molecule has 1 atom stereocenters. The Hall–Kier alpha value is -2.72. The van der Waals surface area contributed by atoms with E-state index in [1.54, 1.807) is 0 Å². The topological polar surface area (TPSA) is 96.5 Å². The van der Waals surface area contributed by atoms with Crippen LogP contribution in [0, 0.1) is 5.92 Å². The molecule has 0 spiro atoms. The maximum Gasteiger partial charge on any atom is 0.270 e. The van der Waals surface area contributed by atoms with E-state index in [2.05, 4.69) is 15.4 Å². The molecule has 2 aromatic rings. The molecule has 2 aromatic carbocycles. The highest BCUT2D eigenvalue weighted by molar-refractivity contribution is 7.92. The number of carbonyl (C=O) groups is 1. The molecule has 0 unspecified atom stereocenters. The summed E-state index contributed by atoms with van der Waals surface area (Å²) < 4.78 is 60.3. The van der Waals surface area contributed by atoms with Crippen molar-refractivity contribution in [3.8, 4) is 5.75 Å². The van der Waals surface area contributed by atoms with Gasteiger partial charge in [-0.2, -0.15) is 0 Å². The number of anilines is 2. The molecule has 0 aliphatic carbocycles. The molecule has 168 valence electrons. The summed E-state index contributed by atoms with van der Waals surface area (Å²) in [6.07, 6.45) is 1.69. The van der Waals surface area contributed by atoms with Gasteiger partial charge in [0.15, 0.2) is 0 Å². The number of rotatable bonds is 7. The molecule has 7 nitrogen and oxygen atoms in total. The Kier molecular flexibility index (Phi) is 6.80. The summed E-state index contributed by atoms with van der Waals surface area (Å²) in [5.41, 5.74) is 0.0946. The predicted octanol–water partition coefficient (Wildman–Crippen LogP) is 3.55. The number of nitrogens with one attached hydrogen (secondary N) is 3. The first-order valence-electron chi connectivity index (χ1n) is 9.81. The van der Waals surface area contributed by atoms with Crippen molar-refractivity contribution in [2.24, 2.45) is 5.92 Å². The predicted molar refractivity (Wildman–Crippen MR) is 114 cm³/mol. The number of benzene rings is 2. The maximum atomic E-state index is 13.6. The fourth-order valence-electron chi connectivity index (χ4n) is 3.35. The van der Waals surface area contributed by atoms with Crippen molar-refractivity contribution in [1.82, 2.24) is 5.32 Å². The molecule has 0 radical (unpaired) electrons. The lowest BCUT2D eigenvalue weighted by Crippen LogP contribution is -2.37. The van der Waals surface area contributed by atoms with Crippen LogP contribution in [0.5, 0.6) is 5.75 Å². The molecule has 0 aromatic heterocycles. The molecule has 1 saturated heterocycles. The number of piperidine rings is 1. The quantitative estimate of drug-likeness (QED) is 0.596. The Balaban J connectivity index is 1.80. The summed E-state index contributed by atoms with van der Waals surface area (Å²) in [7, 11) is -2.82. The largest absolute Gasteiger partial charge is 0.495 e. The fraction of sp³-hybridized carbons (Fsp3) is 0.381. The zero-order chi connectivity index (χ0) is 22.6. The first-order chi connectivity index (χ1) is 14.6. The molecule has 1 aliphatic rings. The van der Waals surface area contributed by atoms with E-state index >= 15 is 0 Å². The van der Waals surface area contributed by atoms with Gasteiger partial charge in [-0.25, -0.2) is 17.2 Å². The molecule has 1 amide bonds. The van der Waals surface area contributed by atoms with Gasteiger partial charge in [-0.1, -0.05) is 12.1 Å². The lowest BCUT2D eigenvalue weighted by molar-refractivity contribution is -0.120. The second-order valence-corrected chi connectivity index (χ2v) is 9.12. The van der Waals surface area contributed by atoms with E-state index in [1.165, 1.54) is 43.5 Å². The van der Waals surface area contributed by atoms with E-state index < -0.39 is 15.9 Å². The molecular weight excluding hydrogens is 428 g/mol. The van der Waals surface area contributed by atoms with Crippen LogP contribution in [0.2, 0.25) is 0 Å². The van der Waals surface area contributed by atoms with Crippen LogP contribution in [-0.4, -0.2) is 34.5 Å². The van der Waals surface area contributed by atoms with E-state index in [4.69, 9.17) is 4.74 Å². The Morgan fingerprint density at radius 1 is 1.19 bits per heavy atom. The Morgan fingerprint density at radius 3 is 2.61 bits per heavy atom. The highest BCUT2D eigenvalue weighted by Crippen LogP contribution is 2.32. The van der Waals surface area contributed by atoms with Crippen LogP contribution >= 0.6 is 0 Å². The van der Waals surface area contributed by atoms with Crippen molar-refractivity contribution < 1.29 is 26.7 Å². The SMILES string of the molecule is COc1cc(NC(=O)[C@H]2CCCNC2)ccc1S(=O)(=O)Nc1cccc(C(C)(F)F)c1. The van der Waals surface area contributed by atoms with Crippen molar-refractivity contribution in [3.05, 3.63) is 48.0 Å². The number of hydrogen-bond donors (Lipinski definition) is 3. The van der Waals surface area contributed by atoms with E-state index in [0.717, 1.165) is 32.4 Å². The van der Waals surface area contributed by atoms with E-state index in [9.17, 15) is 22.0 Å². The van der Waals surface area contributed by atoms with Crippen LogP contribution in [0.1, 0.15) is 25.3 Å². The lowest BCUT2D eigenvalue weighted by Gasteiger charge is -2.22. The van der Waals surface area contributed by atoms with Crippen molar-refractivity contribution in [1.29, 1.82) is 0 Å². The standard InChI is InChI=1S/C21H25F2N3O4S/c1-21(22,23)15-6-3-7-17(11-15)26-31(28,29)19-9-8-16(12-18(19)30-2)25-20(27)14-5-4-10-24-13-14/h3,6-9,11-12,14,24,26H,4-5,10,13H2,1-2H3,(H,25,27)/t14-/m0/s1. The average Bonchev–Trinajstić information content (AvgIpc) is 2.73. The monoisotopic (exact) mass is 453 g/mol. The number of ether oxygens (including phenoxy) is 1. The third-order valence-corrected chi connectivity index (χ3v) is 6.43. The zero-order valence-electron chi connectivity index (χ0n) is 17.2. The molecule has 1 heterocycles. The molecule has 10 heteroatoms. The van der Waals surface area contributed by atoms with Gasteiger partial charge in [-0.05, 0) is 43.7 Å². The van der Waals surface area contributed by atoms with Gasteiger partial charge >= 0.3 is 0 Å². The van der Waals surface area contributed by atoms with Gasteiger partial charge in [-0.3, -0.25) is 9.52 Å². The van der Waals surface area contributed by atoms with Crippen LogP contribution in [0.25, 0.3) is 0 Å². The van der Waals surface area contributed by atoms with Gasteiger partial charge in [0, 0.05) is 36.5 Å². The zero-order valence-corrected chi connectivity index (χ0v) is 18.1. The molecule has 0 bridgehead atoms. The van der Waals surface area contributed by atoms with Gasteiger partial charge in [-0.15, -0.1) is 0 Å². The number of amides is 1. The highest BCUT2D eigenvalue weighted by atomic mass is 32.2. The molecule has 0 saturated carbocycles. The van der Waals surface area contributed by atoms with Gasteiger partial charge in [0.25, 0.3) is 15.9 Å². The van der Waals surface area contributed by atoms with Crippen molar-refractivity contribution in [2.45, 2.75) is 30.6 Å². The number of carbonyl (C=O) groups excluding carboxylic acids is 1. The fourth-order valence-corrected chi connectivity index (χ4v) is 4.55. The number of methoxy groups -OCH3 is 1. The van der Waals surface area contributed by atoms with Crippen LogP contribution in [0.15, 0.2) is 47.4 Å². The number of halogens is 2. The van der Waals surface area contributed by atoms with Crippen LogP contribution in [-0.2, 0) is 20.7 Å². The van der Waals surface area contributed by atoms with Crippen molar-refractivity contribution in [2.75, 3.05) is 30.2 Å². The summed E-state index contributed by atoms with van der Waals surface area (Å²) in [6, 6.07) is 9.20. The summed E-state index contributed by atoms with van der Waals surface area (Å²) in [5, 5.41) is 5.95. The van der Waals surface area contributed by atoms with Crippen molar-refractivity contribution >= 4 is 27.3 Å². The molecule has 3 N–H and O–H groups in total. The number of hydrogen-bond acceptors (Lipinski definition) is 5. The summed E-state index contributed by atoms with van der Waals surface area (Å²) in [6.45, 7) is 2.21. The first kappa shape index (κ1) is 23.0. The minimum atomic E-state index is -4.13. The third kappa shape index (κ3) is 5.71. The number of sulfonamides is 1. The van der Waals surface area contributed by atoms with Crippen LogP contribution in [0.4, 0.5) is 20.2 Å². The summed E-state index contributed by atoms with van der Waals surface area (Å²) in [5.74, 6) is -3.40. The molecular formula is C21H25F2N3O4S. The Bertz CT molecular complexity index is 1050. The van der Waals surface area contributed by atoms with E-state index in [-0.39, 0.29) is 33.7 Å². The lowest BCUT2D eigenvalue weighted by atomic mass is 9.99. The molecule has 31 heavy (non-hydrogen) atoms. The van der Waals surface area contributed by atoms with Crippen LogP contribution in [0.3, 0.4) is 0 Å². The Morgan fingerprint density at radius 2 is 1.97 bits per heavy atom. The number of alkyl halides is 2. The third-order valence-electron chi connectivity index (χ3n) is 5.01. The summed E-state index contributed by atoms with van der Waals surface area (Å²) in [4.78, 5) is 12.2. The highest BCUT2D eigenvalue weighted by Gasteiger charge is 2.26. The van der Waals surface area contributed by atoms with E-state index in [1.807, 2.05) is 0 Å². The smallest absolute Gasteiger partial charge is 0.270 e. The van der Waals surface area contributed by atoms with Crippen molar-refractivity contribution in [3.63, 3.8) is 0 Å². The minimum Gasteiger partial charge on any atom is -0.495 e. The normalized spacial score (nSPS) is 17.1. The second kappa shape index (κ2) is 9.19. The maximum absolute atomic E-state index is 13.6. The van der Waals surface area contributed by atoms with Gasteiger partial charge in [0.05, 0.1) is 13.0 Å². The minimum absolute atomic E-state index is 0.00301. The second-order valence-electron chi connectivity index (χ2n) is 7.47. The van der Waals surface area contributed by atoms with E-state index in [0.29, 0.717) is 12.2 Å². The Labute approximate surface area is 180 Å². The van der Waals surface area contributed by atoms with Gasteiger partial charge in [0.2, 0.25) is 5.91 Å². The van der Waals surface area contributed by atoms with Gasteiger partial charge < -0.3 is 15.4 Å². The summed E-state index contributed by atoms with van der Waals surface area (Å²) >= 11 is 0. The molecule has 1 fully saturated rings. The van der Waals surface area contributed by atoms with Gasteiger partial charge in [0.1, 0.15) is 10.6 Å².